The molecule has 0 atom stereocenters. The molecule has 4 rings (SSSR count). The third-order valence-corrected chi connectivity index (χ3v) is 5.19. The first-order valence-electron chi connectivity index (χ1n) is 10.6. The fourth-order valence-electron chi connectivity index (χ4n) is 3.54. The molecule has 6 heteroatoms. The van der Waals surface area contributed by atoms with E-state index in [0.29, 0.717) is 18.8 Å². The average Bonchev–Trinajstić information content (AvgIpc) is 3.20. The lowest BCUT2D eigenvalue weighted by atomic mass is 10.2. The molecule has 0 unspecified atom stereocenters. The Morgan fingerprint density at radius 2 is 1.84 bits per heavy atom. The molecule has 0 spiro atoms. The number of rotatable bonds is 9. The maximum Gasteiger partial charge on any atom is 0.344 e. The molecule has 2 aromatic carbocycles. The van der Waals surface area contributed by atoms with Crippen LogP contribution >= 0.6 is 0 Å². The first kappa shape index (κ1) is 23.8. The number of benzene rings is 2. The van der Waals surface area contributed by atoms with Gasteiger partial charge in [0.15, 0.2) is 12.4 Å². The topological polar surface area (TPSA) is 44.3 Å². The molecule has 0 saturated carbocycles. The van der Waals surface area contributed by atoms with Gasteiger partial charge in [-0.05, 0) is 48.7 Å². The Balaban J connectivity index is 0.00000289. The highest BCUT2D eigenvalue weighted by atomic mass is 127. The number of carbonyl (C=O) groups is 1. The summed E-state index contributed by atoms with van der Waals surface area (Å²) < 4.78 is 15.4. The number of hydrogen-bond acceptors (Lipinski definition) is 3. The van der Waals surface area contributed by atoms with Crippen molar-refractivity contribution >= 4 is 16.9 Å². The van der Waals surface area contributed by atoms with Crippen LogP contribution in [0.15, 0.2) is 85.3 Å². The number of halogens is 1. The van der Waals surface area contributed by atoms with Gasteiger partial charge in [0.1, 0.15) is 25.0 Å². The predicted octanol–water partition coefficient (Wildman–Crippen LogP) is 1.69. The van der Waals surface area contributed by atoms with Crippen LogP contribution in [0.5, 0.6) is 5.75 Å². The molecule has 2 aromatic heterocycles. The van der Waals surface area contributed by atoms with Gasteiger partial charge in [0.05, 0.1) is 6.61 Å². The van der Waals surface area contributed by atoms with E-state index in [9.17, 15) is 4.79 Å². The van der Waals surface area contributed by atoms with Crippen molar-refractivity contribution in [2.24, 2.45) is 7.05 Å². The van der Waals surface area contributed by atoms with Gasteiger partial charge in [-0.15, -0.1) is 0 Å². The number of nitrogens with zero attached hydrogens (tertiary/aromatic N) is 2. The SMILES string of the molecule is C[n+]1cccc(C(=O)OCCCCn2ccc3cc(OCc4ccccc4)ccc32)c1.[I-]. The van der Waals surface area contributed by atoms with Gasteiger partial charge in [0, 0.05) is 29.7 Å². The number of aryl methyl sites for hydroxylation is 2. The Morgan fingerprint density at radius 1 is 1.00 bits per heavy atom. The van der Waals surface area contributed by atoms with Gasteiger partial charge in [-0.1, -0.05) is 30.3 Å². The van der Waals surface area contributed by atoms with Crippen molar-refractivity contribution in [2.45, 2.75) is 26.0 Å². The molecule has 32 heavy (non-hydrogen) atoms. The van der Waals surface area contributed by atoms with E-state index in [2.05, 4.69) is 41.1 Å². The van der Waals surface area contributed by atoms with Crippen molar-refractivity contribution < 1.29 is 42.8 Å². The Morgan fingerprint density at radius 3 is 2.66 bits per heavy atom. The smallest absolute Gasteiger partial charge is 0.344 e. The highest BCUT2D eigenvalue weighted by molar-refractivity contribution is 5.88. The lowest BCUT2D eigenvalue weighted by Crippen LogP contribution is -3.00. The van der Waals surface area contributed by atoms with Crippen molar-refractivity contribution in [3.05, 3.63) is 96.4 Å². The monoisotopic (exact) mass is 542 g/mol. The molecule has 4 aromatic rings. The minimum absolute atomic E-state index is 0. The molecular weight excluding hydrogens is 515 g/mol. The Hall–Kier alpha value is -2.87. The molecular formula is C26H27IN2O3. The van der Waals surface area contributed by atoms with E-state index < -0.39 is 0 Å². The normalized spacial score (nSPS) is 10.5. The molecule has 0 radical (unpaired) electrons. The zero-order chi connectivity index (χ0) is 21.5. The Bertz CT molecular complexity index is 1160. The van der Waals surface area contributed by atoms with Crippen molar-refractivity contribution in [3.8, 4) is 5.75 Å². The standard InChI is InChI=1S/C26H27N2O3.HI/c1-27-14-7-10-23(19-27)26(29)30-17-6-5-15-28-16-13-22-18-24(11-12-25(22)28)31-20-21-8-3-2-4-9-21;/h2-4,7-14,16,18-19H,5-6,15,17,20H2,1H3;1H/q+1;/p-1. The summed E-state index contributed by atoms with van der Waals surface area (Å²) in [6.07, 6.45) is 7.51. The minimum atomic E-state index is -0.273. The van der Waals surface area contributed by atoms with Crippen molar-refractivity contribution in [1.82, 2.24) is 4.57 Å². The fourth-order valence-corrected chi connectivity index (χ4v) is 3.54. The van der Waals surface area contributed by atoms with Crippen LogP contribution in [-0.2, 0) is 24.9 Å². The van der Waals surface area contributed by atoms with Gasteiger partial charge in [0.2, 0.25) is 0 Å². The molecule has 0 saturated heterocycles. The first-order valence-corrected chi connectivity index (χ1v) is 10.6. The lowest BCUT2D eigenvalue weighted by molar-refractivity contribution is -0.671. The zero-order valence-corrected chi connectivity index (χ0v) is 20.3. The van der Waals surface area contributed by atoms with Crippen LogP contribution in [0.1, 0.15) is 28.8 Å². The summed E-state index contributed by atoms with van der Waals surface area (Å²) in [5, 5.41) is 1.16. The van der Waals surface area contributed by atoms with Gasteiger partial charge in [-0.3, -0.25) is 0 Å². The highest BCUT2D eigenvalue weighted by Crippen LogP contribution is 2.23. The van der Waals surface area contributed by atoms with Crippen molar-refractivity contribution in [1.29, 1.82) is 0 Å². The summed E-state index contributed by atoms with van der Waals surface area (Å²) in [6, 6.07) is 22.1. The summed E-state index contributed by atoms with van der Waals surface area (Å²) in [5.74, 6) is 0.598. The Kier molecular flexibility index (Phi) is 8.67. The van der Waals surface area contributed by atoms with Crippen molar-refractivity contribution in [2.75, 3.05) is 6.61 Å². The van der Waals surface area contributed by atoms with Crippen LogP contribution < -0.4 is 33.3 Å². The third kappa shape index (κ3) is 6.32. The molecule has 0 fully saturated rings. The van der Waals surface area contributed by atoms with E-state index in [1.807, 2.05) is 48.1 Å². The molecule has 0 amide bonds. The summed E-state index contributed by atoms with van der Waals surface area (Å²) >= 11 is 0. The molecule has 0 aliphatic rings. The largest absolute Gasteiger partial charge is 1.00 e. The average molecular weight is 542 g/mol. The molecule has 0 aliphatic heterocycles. The molecule has 5 nitrogen and oxygen atoms in total. The second-order valence-corrected chi connectivity index (χ2v) is 7.61. The van der Waals surface area contributed by atoms with E-state index >= 15 is 0 Å². The number of hydrogen-bond donors (Lipinski definition) is 0. The van der Waals surface area contributed by atoms with Crippen molar-refractivity contribution in [3.63, 3.8) is 0 Å². The van der Waals surface area contributed by atoms with Gasteiger partial charge < -0.3 is 38.0 Å². The fraction of sp³-hybridized carbons (Fsp3) is 0.231. The van der Waals surface area contributed by atoms with Crippen LogP contribution in [-0.4, -0.2) is 17.1 Å². The number of unbranched alkanes of at least 4 members (excludes halogenated alkanes) is 1. The van der Waals surface area contributed by atoms with Crippen LogP contribution in [0.3, 0.4) is 0 Å². The van der Waals surface area contributed by atoms with E-state index in [1.54, 1.807) is 12.3 Å². The number of esters is 1. The van der Waals surface area contributed by atoms with Crippen LogP contribution in [0, 0.1) is 0 Å². The maximum absolute atomic E-state index is 12.1. The van der Waals surface area contributed by atoms with Gasteiger partial charge >= 0.3 is 5.97 Å². The van der Waals surface area contributed by atoms with E-state index in [1.165, 1.54) is 5.52 Å². The molecule has 0 bridgehead atoms. The number of ether oxygens (including phenoxy) is 2. The van der Waals surface area contributed by atoms with Gasteiger partial charge in [-0.25, -0.2) is 9.36 Å². The molecule has 0 aliphatic carbocycles. The second kappa shape index (κ2) is 11.7. The maximum atomic E-state index is 12.1. The van der Waals surface area contributed by atoms with E-state index in [4.69, 9.17) is 9.47 Å². The number of pyridine rings is 1. The zero-order valence-electron chi connectivity index (χ0n) is 18.1. The number of carbonyl (C=O) groups excluding carboxylic acids is 1. The number of fused-ring (bicyclic) bond motifs is 1. The summed E-state index contributed by atoms with van der Waals surface area (Å²) in [6.45, 7) is 1.87. The Labute approximate surface area is 205 Å². The van der Waals surface area contributed by atoms with Gasteiger partial charge in [0.25, 0.3) is 0 Å². The third-order valence-electron chi connectivity index (χ3n) is 5.19. The highest BCUT2D eigenvalue weighted by Gasteiger charge is 2.10. The summed E-state index contributed by atoms with van der Waals surface area (Å²) in [4.78, 5) is 12.1. The number of aromatic nitrogens is 2. The summed E-state index contributed by atoms with van der Waals surface area (Å²) in [5.41, 5.74) is 2.91. The van der Waals surface area contributed by atoms with Gasteiger partial charge in [-0.2, -0.15) is 0 Å². The van der Waals surface area contributed by atoms with E-state index in [-0.39, 0.29) is 29.9 Å². The predicted molar refractivity (Wildman–Crippen MR) is 120 cm³/mol. The quantitative estimate of drug-likeness (QED) is 0.140. The molecule has 166 valence electrons. The first-order chi connectivity index (χ1) is 15.2. The van der Waals surface area contributed by atoms with Crippen LogP contribution in [0.4, 0.5) is 0 Å². The molecule has 2 heterocycles. The lowest BCUT2D eigenvalue weighted by Gasteiger charge is -2.09. The second-order valence-electron chi connectivity index (χ2n) is 7.61. The minimum Gasteiger partial charge on any atom is -1.00 e. The van der Waals surface area contributed by atoms with E-state index in [0.717, 1.165) is 36.1 Å². The summed E-state index contributed by atoms with van der Waals surface area (Å²) in [7, 11) is 1.89. The molecule has 0 N–H and O–H groups in total. The van der Waals surface area contributed by atoms with Crippen LogP contribution in [0.2, 0.25) is 0 Å². The van der Waals surface area contributed by atoms with Crippen LogP contribution in [0.25, 0.3) is 10.9 Å².